The van der Waals surface area contributed by atoms with E-state index in [-0.39, 0.29) is 5.82 Å². The van der Waals surface area contributed by atoms with Gasteiger partial charge in [-0.15, -0.1) is 0 Å². The molecule has 1 saturated heterocycles. The van der Waals surface area contributed by atoms with Crippen LogP contribution in [0.4, 0.5) is 10.1 Å². The van der Waals surface area contributed by atoms with Gasteiger partial charge >= 0.3 is 0 Å². The van der Waals surface area contributed by atoms with E-state index in [1.165, 1.54) is 0 Å². The van der Waals surface area contributed by atoms with Crippen LogP contribution in [0.1, 0.15) is 6.42 Å². The van der Waals surface area contributed by atoms with Crippen molar-refractivity contribution < 1.29 is 4.39 Å². The largest absolute Gasteiger partial charge is 0.370 e. The summed E-state index contributed by atoms with van der Waals surface area (Å²) in [6.45, 7) is 3.96. The standard InChI is InChI=1S/C11H14BrFN2/c12-10-3-2-9(8-11(10)13)15-6-1-4-14-5-7-15/h2-3,8,14H,1,4-7H2. The molecule has 15 heavy (non-hydrogen) atoms. The maximum absolute atomic E-state index is 13.3. The zero-order chi connectivity index (χ0) is 10.7. The highest BCUT2D eigenvalue weighted by Crippen LogP contribution is 2.22. The van der Waals surface area contributed by atoms with E-state index >= 15 is 0 Å². The summed E-state index contributed by atoms with van der Waals surface area (Å²) in [4.78, 5) is 2.22. The molecule has 1 aliphatic rings. The number of rotatable bonds is 1. The van der Waals surface area contributed by atoms with Crippen LogP contribution in [-0.2, 0) is 0 Å². The van der Waals surface area contributed by atoms with E-state index < -0.39 is 0 Å². The van der Waals surface area contributed by atoms with E-state index in [9.17, 15) is 4.39 Å². The van der Waals surface area contributed by atoms with Crippen molar-refractivity contribution in [1.82, 2.24) is 5.32 Å². The number of anilines is 1. The predicted molar refractivity (Wildman–Crippen MR) is 63.8 cm³/mol. The van der Waals surface area contributed by atoms with Crippen molar-refractivity contribution in [2.75, 3.05) is 31.1 Å². The number of nitrogens with zero attached hydrogens (tertiary/aromatic N) is 1. The van der Waals surface area contributed by atoms with Crippen LogP contribution in [0.3, 0.4) is 0 Å². The van der Waals surface area contributed by atoms with Gasteiger partial charge in [0.05, 0.1) is 4.47 Å². The van der Waals surface area contributed by atoms with Gasteiger partial charge in [-0.2, -0.15) is 0 Å². The number of nitrogens with one attached hydrogen (secondary N) is 1. The minimum atomic E-state index is -0.190. The molecule has 0 unspecified atom stereocenters. The van der Waals surface area contributed by atoms with Crippen molar-refractivity contribution in [1.29, 1.82) is 0 Å². The third kappa shape index (κ3) is 2.69. The lowest BCUT2D eigenvalue weighted by Crippen LogP contribution is -2.27. The lowest BCUT2D eigenvalue weighted by molar-refractivity contribution is 0.620. The number of halogens is 2. The minimum absolute atomic E-state index is 0.190. The Labute approximate surface area is 97.6 Å². The Bertz CT molecular complexity index is 335. The summed E-state index contributed by atoms with van der Waals surface area (Å²) in [7, 11) is 0. The number of hydrogen-bond acceptors (Lipinski definition) is 2. The third-order valence-corrected chi connectivity index (χ3v) is 3.25. The van der Waals surface area contributed by atoms with E-state index in [1.807, 2.05) is 6.07 Å². The van der Waals surface area contributed by atoms with Crippen molar-refractivity contribution in [3.63, 3.8) is 0 Å². The highest BCUT2D eigenvalue weighted by atomic mass is 79.9. The Morgan fingerprint density at radius 1 is 1.27 bits per heavy atom. The molecule has 0 radical (unpaired) electrons. The van der Waals surface area contributed by atoms with Crippen molar-refractivity contribution in [3.8, 4) is 0 Å². The summed E-state index contributed by atoms with van der Waals surface area (Å²) >= 11 is 3.16. The first-order chi connectivity index (χ1) is 7.27. The third-order valence-electron chi connectivity index (χ3n) is 2.61. The topological polar surface area (TPSA) is 15.3 Å². The second-order valence-corrected chi connectivity index (χ2v) is 4.54. The van der Waals surface area contributed by atoms with Crippen LogP contribution < -0.4 is 10.2 Å². The van der Waals surface area contributed by atoms with Crippen LogP contribution in [0, 0.1) is 5.82 Å². The first kappa shape index (κ1) is 10.9. The molecular formula is C11H14BrFN2. The molecule has 0 atom stereocenters. The normalized spacial score (nSPS) is 17.6. The molecule has 0 amide bonds. The monoisotopic (exact) mass is 272 g/mol. The molecule has 1 aromatic carbocycles. The van der Waals surface area contributed by atoms with Crippen LogP contribution in [0.15, 0.2) is 22.7 Å². The molecule has 0 aromatic heterocycles. The second kappa shape index (κ2) is 4.94. The van der Waals surface area contributed by atoms with E-state index in [0.717, 1.165) is 38.3 Å². The Morgan fingerprint density at radius 2 is 2.13 bits per heavy atom. The van der Waals surface area contributed by atoms with Gasteiger partial charge in [-0.25, -0.2) is 4.39 Å². The SMILES string of the molecule is Fc1cc(N2CCCNCC2)ccc1Br. The molecule has 0 spiro atoms. The Kier molecular flexibility index (Phi) is 3.59. The first-order valence-electron chi connectivity index (χ1n) is 5.18. The van der Waals surface area contributed by atoms with Gasteiger partial charge in [-0.3, -0.25) is 0 Å². The molecule has 1 aliphatic heterocycles. The predicted octanol–water partition coefficient (Wildman–Crippen LogP) is 2.39. The molecule has 4 heteroatoms. The van der Waals surface area contributed by atoms with Gasteiger partial charge in [-0.1, -0.05) is 0 Å². The molecule has 2 nitrogen and oxygen atoms in total. The molecule has 1 fully saturated rings. The summed E-state index contributed by atoms with van der Waals surface area (Å²) in [6.07, 6.45) is 1.11. The van der Waals surface area contributed by atoms with Crippen molar-refractivity contribution >= 4 is 21.6 Å². The van der Waals surface area contributed by atoms with E-state index in [4.69, 9.17) is 0 Å². The van der Waals surface area contributed by atoms with Gasteiger partial charge in [0.1, 0.15) is 5.82 Å². The lowest BCUT2D eigenvalue weighted by atomic mass is 10.2. The lowest BCUT2D eigenvalue weighted by Gasteiger charge is -2.22. The summed E-state index contributed by atoms with van der Waals surface area (Å²) in [6, 6.07) is 5.32. The molecular weight excluding hydrogens is 259 g/mol. The molecule has 82 valence electrons. The fraction of sp³-hybridized carbons (Fsp3) is 0.455. The molecule has 1 aromatic rings. The van der Waals surface area contributed by atoms with Crippen LogP contribution in [0.25, 0.3) is 0 Å². The Hall–Kier alpha value is -0.610. The minimum Gasteiger partial charge on any atom is -0.370 e. The molecule has 0 aliphatic carbocycles. The number of hydrogen-bond donors (Lipinski definition) is 1. The highest BCUT2D eigenvalue weighted by molar-refractivity contribution is 9.10. The van der Waals surface area contributed by atoms with Crippen molar-refractivity contribution in [2.24, 2.45) is 0 Å². The fourth-order valence-electron chi connectivity index (χ4n) is 1.79. The maximum atomic E-state index is 13.3. The van der Waals surface area contributed by atoms with Crippen LogP contribution >= 0.6 is 15.9 Å². The first-order valence-corrected chi connectivity index (χ1v) is 5.97. The Morgan fingerprint density at radius 3 is 2.93 bits per heavy atom. The fourth-order valence-corrected chi connectivity index (χ4v) is 2.03. The maximum Gasteiger partial charge on any atom is 0.139 e. The van der Waals surface area contributed by atoms with Gasteiger partial charge in [-0.05, 0) is 47.1 Å². The second-order valence-electron chi connectivity index (χ2n) is 3.69. The number of benzene rings is 1. The Balaban J connectivity index is 2.16. The van der Waals surface area contributed by atoms with Crippen LogP contribution in [0.2, 0.25) is 0 Å². The highest BCUT2D eigenvalue weighted by Gasteiger charge is 2.10. The quantitative estimate of drug-likeness (QED) is 0.845. The van der Waals surface area contributed by atoms with Crippen molar-refractivity contribution in [3.05, 3.63) is 28.5 Å². The summed E-state index contributed by atoms with van der Waals surface area (Å²) in [5, 5.41) is 3.33. The molecule has 0 bridgehead atoms. The van der Waals surface area contributed by atoms with Crippen LogP contribution in [-0.4, -0.2) is 26.2 Å². The van der Waals surface area contributed by atoms with E-state index in [0.29, 0.717) is 4.47 Å². The zero-order valence-corrected chi connectivity index (χ0v) is 10.1. The average Bonchev–Trinajstić information content (AvgIpc) is 2.50. The molecule has 2 rings (SSSR count). The zero-order valence-electron chi connectivity index (χ0n) is 8.47. The summed E-state index contributed by atoms with van der Waals surface area (Å²) in [5.74, 6) is -0.190. The van der Waals surface area contributed by atoms with Gasteiger partial charge in [0, 0.05) is 25.3 Å². The molecule has 1 N–H and O–H groups in total. The molecule has 0 saturated carbocycles. The summed E-state index contributed by atoms with van der Waals surface area (Å²) < 4.78 is 13.9. The average molecular weight is 273 g/mol. The molecule has 1 heterocycles. The summed E-state index contributed by atoms with van der Waals surface area (Å²) in [5.41, 5.74) is 0.972. The van der Waals surface area contributed by atoms with Gasteiger partial charge in [0.2, 0.25) is 0 Å². The van der Waals surface area contributed by atoms with Gasteiger partial charge in [0.25, 0.3) is 0 Å². The van der Waals surface area contributed by atoms with Gasteiger partial charge in [0.15, 0.2) is 0 Å². The van der Waals surface area contributed by atoms with Crippen LogP contribution in [0.5, 0.6) is 0 Å². The van der Waals surface area contributed by atoms with Gasteiger partial charge < -0.3 is 10.2 Å². The van der Waals surface area contributed by atoms with Crippen molar-refractivity contribution in [2.45, 2.75) is 6.42 Å². The van der Waals surface area contributed by atoms with E-state index in [1.54, 1.807) is 12.1 Å². The van der Waals surface area contributed by atoms with E-state index in [2.05, 4.69) is 26.1 Å². The smallest absolute Gasteiger partial charge is 0.139 e.